The molecule has 0 amide bonds. The molecule has 0 aliphatic carbocycles. The SMILES string of the molecule is Cc1noc(C)c1-c1c[nH]c(=O)c(NCc2ccc(I)cc2)c1. The zero-order valence-corrected chi connectivity index (χ0v) is 15.0. The highest BCUT2D eigenvalue weighted by atomic mass is 127. The van der Waals surface area contributed by atoms with E-state index in [4.69, 9.17) is 4.52 Å². The molecule has 0 spiro atoms. The van der Waals surface area contributed by atoms with Gasteiger partial charge in [-0.3, -0.25) is 4.79 Å². The molecule has 0 atom stereocenters. The van der Waals surface area contributed by atoms with E-state index in [0.29, 0.717) is 12.2 Å². The normalized spacial score (nSPS) is 10.7. The van der Waals surface area contributed by atoms with Gasteiger partial charge in [-0.2, -0.15) is 0 Å². The van der Waals surface area contributed by atoms with Crippen LogP contribution in [0.15, 0.2) is 45.8 Å². The zero-order valence-electron chi connectivity index (χ0n) is 12.8. The number of pyridine rings is 1. The lowest BCUT2D eigenvalue weighted by Gasteiger charge is -2.08. The number of aromatic amines is 1. The predicted octanol–water partition coefficient (Wildman–Crippen LogP) is 3.86. The minimum absolute atomic E-state index is 0.147. The van der Waals surface area contributed by atoms with Crippen LogP contribution in [0.4, 0.5) is 5.69 Å². The Kier molecular flexibility index (Phi) is 4.51. The van der Waals surface area contributed by atoms with Crippen molar-refractivity contribution in [2.24, 2.45) is 0 Å². The molecule has 3 rings (SSSR count). The molecule has 0 radical (unpaired) electrons. The van der Waals surface area contributed by atoms with E-state index in [0.717, 1.165) is 28.1 Å². The molecule has 0 bridgehead atoms. The number of aromatic nitrogens is 2. The van der Waals surface area contributed by atoms with Gasteiger partial charge in [-0.1, -0.05) is 17.3 Å². The fourth-order valence-corrected chi connectivity index (χ4v) is 2.81. The third kappa shape index (κ3) is 3.47. The molecule has 5 nitrogen and oxygen atoms in total. The largest absolute Gasteiger partial charge is 0.376 e. The van der Waals surface area contributed by atoms with Gasteiger partial charge < -0.3 is 14.8 Å². The van der Waals surface area contributed by atoms with E-state index < -0.39 is 0 Å². The highest BCUT2D eigenvalue weighted by Gasteiger charge is 2.13. The number of benzene rings is 1. The van der Waals surface area contributed by atoms with Gasteiger partial charge in [0.25, 0.3) is 5.56 Å². The number of H-pyrrole nitrogens is 1. The number of hydrogen-bond donors (Lipinski definition) is 2. The van der Waals surface area contributed by atoms with Crippen molar-refractivity contribution in [3.63, 3.8) is 0 Å². The first-order chi connectivity index (χ1) is 11.0. The third-order valence-electron chi connectivity index (χ3n) is 3.62. The van der Waals surface area contributed by atoms with Crippen molar-refractivity contribution in [2.75, 3.05) is 5.32 Å². The van der Waals surface area contributed by atoms with E-state index in [1.165, 1.54) is 3.57 Å². The summed E-state index contributed by atoms with van der Waals surface area (Å²) in [4.78, 5) is 14.8. The molecule has 2 N–H and O–H groups in total. The van der Waals surface area contributed by atoms with Gasteiger partial charge in [0.15, 0.2) is 0 Å². The third-order valence-corrected chi connectivity index (χ3v) is 4.34. The second-order valence-corrected chi connectivity index (χ2v) is 6.56. The standard InChI is InChI=1S/C17H16IN3O2/c1-10-16(11(2)23-21-10)13-7-15(17(22)20-9-13)19-8-12-3-5-14(18)6-4-12/h3-7,9,19H,8H2,1-2H3,(H,20,22). The summed E-state index contributed by atoms with van der Waals surface area (Å²) in [6, 6.07) is 10.0. The average Bonchev–Trinajstić information content (AvgIpc) is 2.87. The summed E-state index contributed by atoms with van der Waals surface area (Å²) in [5.41, 5.74) is 4.10. The first-order valence-electron chi connectivity index (χ1n) is 7.19. The second-order valence-electron chi connectivity index (χ2n) is 5.31. The summed E-state index contributed by atoms with van der Waals surface area (Å²) in [6.07, 6.45) is 1.69. The van der Waals surface area contributed by atoms with E-state index in [2.05, 4.69) is 38.0 Å². The Hall–Kier alpha value is -2.09. The number of aryl methyl sites for hydroxylation is 2. The molecule has 2 aromatic heterocycles. The van der Waals surface area contributed by atoms with Crippen LogP contribution < -0.4 is 10.9 Å². The van der Waals surface area contributed by atoms with E-state index in [-0.39, 0.29) is 5.56 Å². The van der Waals surface area contributed by atoms with Crippen LogP contribution in [0.25, 0.3) is 11.1 Å². The summed E-state index contributed by atoms with van der Waals surface area (Å²) in [6.45, 7) is 4.33. The van der Waals surface area contributed by atoms with Gasteiger partial charge in [-0.15, -0.1) is 0 Å². The Morgan fingerprint density at radius 2 is 2.00 bits per heavy atom. The van der Waals surface area contributed by atoms with Gasteiger partial charge in [-0.25, -0.2) is 0 Å². The zero-order chi connectivity index (χ0) is 16.4. The van der Waals surface area contributed by atoms with Crippen LogP contribution >= 0.6 is 22.6 Å². The van der Waals surface area contributed by atoms with Gasteiger partial charge in [0.05, 0.1) is 5.69 Å². The summed E-state index contributed by atoms with van der Waals surface area (Å²) in [5, 5.41) is 7.15. The van der Waals surface area contributed by atoms with Crippen LogP contribution in [-0.2, 0) is 6.54 Å². The van der Waals surface area contributed by atoms with Gasteiger partial charge in [-0.05, 0) is 60.2 Å². The van der Waals surface area contributed by atoms with Crippen molar-refractivity contribution >= 4 is 28.3 Å². The number of nitrogens with one attached hydrogen (secondary N) is 2. The molecular weight excluding hydrogens is 405 g/mol. The highest BCUT2D eigenvalue weighted by molar-refractivity contribution is 14.1. The van der Waals surface area contributed by atoms with Crippen molar-refractivity contribution in [3.05, 3.63) is 67.5 Å². The van der Waals surface area contributed by atoms with E-state index in [1.54, 1.807) is 6.20 Å². The van der Waals surface area contributed by atoms with Crippen LogP contribution in [0.5, 0.6) is 0 Å². The number of nitrogens with zero attached hydrogens (tertiary/aromatic N) is 1. The van der Waals surface area contributed by atoms with Crippen LogP contribution in [0.1, 0.15) is 17.0 Å². The Labute approximate surface area is 147 Å². The van der Waals surface area contributed by atoms with Gasteiger partial charge in [0.1, 0.15) is 11.4 Å². The van der Waals surface area contributed by atoms with Crippen molar-refractivity contribution in [1.82, 2.24) is 10.1 Å². The molecule has 0 saturated heterocycles. The maximum absolute atomic E-state index is 12.0. The molecule has 0 saturated carbocycles. The predicted molar refractivity (Wildman–Crippen MR) is 98.5 cm³/mol. The average molecular weight is 421 g/mol. The van der Waals surface area contributed by atoms with E-state index in [1.807, 2.05) is 44.2 Å². The number of rotatable bonds is 4. The molecular formula is C17H16IN3O2. The lowest BCUT2D eigenvalue weighted by Crippen LogP contribution is -2.13. The topological polar surface area (TPSA) is 70.9 Å². The monoisotopic (exact) mass is 421 g/mol. The van der Waals surface area contributed by atoms with Crippen LogP contribution in [0.3, 0.4) is 0 Å². The van der Waals surface area contributed by atoms with Gasteiger partial charge >= 0.3 is 0 Å². The first kappa shape index (κ1) is 15.8. The molecule has 1 aromatic carbocycles. The molecule has 118 valence electrons. The molecule has 2 heterocycles. The molecule has 23 heavy (non-hydrogen) atoms. The molecule has 0 unspecified atom stereocenters. The van der Waals surface area contributed by atoms with Crippen LogP contribution in [0.2, 0.25) is 0 Å². The molecule has 6 heteroatoms. The highest BCUT2D eigenvalue weighted by Crippen LogP contribution is 2.27. The fourth-order valence-electron chi connectivity index (χ4n) is 2.45. The Morgan fingerprint density at radius 1 is 1.26 bits per heavy atom. The van der Waals surface area contributed by atoms with Crippen LogP contribution in [-0.4, -0.2) is 10.1 Å². The number of halogens is 1. The second kappa shape index (κ2) is 6.57. The Bertz CT molecular complexity index is 862. The molecule has 0 aliphatic heterocycles. The smallest absolute Gasteiger partial charge is 0.271 e. The van der Waals surface area contributed by atoms with Crippen molar-refractivity contribution in [3.8, 4) is 11.1 Å². The van der Waals surface area contributed by atoms with Gasteiger partial charge in [0.2, 0.25) is 0 Å². The van der Waals surface area contributed by atoms with Crippen molar-refractivity contribution in [1.29, 1.82) is 0 Å². The maximum Gasteiger partial charge on any atom is 0.271 e. The molecule has 0 fully saturated rings. The lowest BCUT2D eigenvalue weighted by atomic mass is 10.1. The van der Waals surface area contributed by atoms with E-state index >= 15 is 0 Å². The summed E-state index contributed by atoms with van der Waals surface area (Å²) >= 11 is 2.27. The van der Waals surface area contributed by atoms with Crippen molar-refractivity contribution < 1.29 is 4.52 Å². The van der Waals surface area contributed by atoms with E-state index in [9.17, 15) is 4.79 Å². The minimum Gasteiger partial charge on any atom is -0.376 e. The molecule has 0 aliphatic rings. The van der Waals surface area contributed by atoms with Crippen molar-refractivity contribution in [2.45, 2.75) is 20.4 Å². The lowest BCUT2D eigenvalue weighted by molar-refractivity contribution is 0.393. The quantitative estimate of drug-likeness (QED) is 0.628. The number of anilines is 1. The minimum atomic E-state index is -0.147. The fraction of sp³-hybridized carbons (Fsp3) is 0.176. The first-order valence-corrected chi connectivity index (χ1v) is 8.27. The van der Waals surface area contributed by atoms with Gasteiger partial charge in [0, 0.05) is 27.4 Å². The Morgan fingerprint density at radius 3 is 2.65 bits per heavy atom. The molecule has 3 aromatic rings. The number of hydrogen-bond acceptors (Lipinski definition) is 4. The summed E-state index contributed by atoms with van der Waals surface area (Å²) in [5.74, 6) is 0.734. The Balaban J connectivity index is 1.86. The summed E-state index contributed by atoms with van der Waals surface area (Å²) < 4.78 is 6.38. The summed E-state index contributed by atoms with van der Waals surface area (Å²) in [7, 11) is 0. The maximum atomic E-state index is 12.0. The van der Waals surface area contributed by atoms with Crippen LogP contribution in [0, 0.1) is 17.4 Å².